The van der Waals surface area contributed by atoms with Crippen LogP contribution in [0.15, 0.2) is 364 Å². The second-order valence-electron chi connectivity index (χ2n) is 28.9. The highest BCUT2D eigenvalue weighted by Gasteiger charge is 2.39. The van der Waals surface area contributed by atoms with Gasteiger partial charge in [0, 0.05) is 110 Å². The first-order valence-electron chi connectivity index (χ1n) is 37.6. The summed E-state index contributed by atoms with van der Waals surface area (Å²) >= 11 is 0. The summed E-state index contributed by atoms with van der Waals surface area (Å²) in [6, 6.07) is 123. The van der Waals surface area contributed by atoms with E-state index >= 15 is 13.2 Å². The standard InChI is InChI=1S/C100H60F3N9/c101-100(102,103)96-77(36-23-45-94(96)111-90-52-47-64(107-82-37-15-7-28-68(82)69-29-8-16-38-83(69)107)57-78(90)79-58-65(48-53-91(79)111)108-84-39-17-9-30-70(84)71-31-10-18-40-85(71)108)76-51-46-63(99-105-97(61-24-3-1-4-25-61)104-98(106-99)62-26-5-2-6-27-62)56-95(76)112-92-54-49-66(109-86-41-19-11-32-72(86)73-33-12-20-42-87(73)109)59-80(92)81-60-67(50-55-93(81)112)110-88-43-21-13-34-74(88)75-35-14-22-44-89(75)110/h1-60H. The van der Waals surface area contributed by atoms with Crippen molar-refractivity contribution in [3.8, 4) is 79.4 Å². The third-order valence-corrected chi connectivity index (χ3v) is 22.9. The molecule has 7 aromatic heterocycles. The lowest BCUT2D eigenvalue weighted by Crippen LogP contribution is -2.13. The van der Waals surface area contributed by atoms with Crippen LogP contribution in [0, 0.1) is 0 Å². The van der Waals surface area contributed by atoms with Crippen LogP contribution in [0.25, 0.3) is 210 Å². The number of benzene rings is 16. The molecule has 112 heavy (non-hydrogen) atoms. The van der Waals surface area contributed by atoms with Crippen molar-refractivity contribution < 1.29 is 13.2 Å². The fraction of sp³-hybridized carbons (Fsp3) is 0.0100. The summed E-state index contributed by atoms with van der Waals surface area (Å²) in [4.78, 5) is 15.6. The lowest BCUT2D eigenvalue weighted by atomic mass is 9.94. The molecule has 0 aliphatic carbocycles. The van der Waals surface area contributed by atoms with Crippen LogP contribution in [0.3, 0.4) is 0 Å². The van der Waals surface area contributed by atoms with Gasteiger partial charge in [-0.2, -0.15) is 13.2 Å². The van der Waals surface area contributed by atoms with Crippen molar-refractivity contribution in [2.24, 2.45) is 0 Å². The van der Waals surface area contributed by atoms with Gasteiger partial charge in [0.25, 0.3) is 0 Å². The lowest BCUT2D eigenvalue weighted by Gasteiger charge is -2.22. The molecule has 0 aliphatic heterocycles. The Hall–Kier alpha value is -14.9. The molecule has 0 saturated heterocycles. The van der Waals surface area contributed by atoms with Crippen molar-refractivity contribution in [3.05, 3.63) is 370 Å². The molecule has 526 valence electrons. The van der Waals surface area contributed by atoms with Crippen LogP contribution < -0.4 is 0 Å². The van der Waals surface area contributed by atoms with Gasteiger partial charge in [-0.05, 0) is 139 Å². The Labute approximate surface area is 637 Å². The molecule has 0 unspecified atom stereocenters. The maximum Gasteiger partial charge on any atom is 0.419 e. The molecule has 23 aromatic rings. The van der Waals surface area contributed by atoms with Gasteiger partial charge in [0.2, 0.25) is 0 Å². The Morgan fingerprint density at radius 3 is 0.759 bits per heavy atom. The van der Waals surface area contributed by atoms with Gasteiger partial charge >= 0.3 is 6.18 Å². The van der Waals surface area contributed by atoms with Crippen LogP contribution in [0.1, 0.15) is 5.56 Å². The predicted octanol–water partition coefficient (Wildman–Crippen LogP) is 26.1. The van der Waals surface area contributed by atoms with E-state index in [0.717, 1.165) is 154 Å². The minimum absolute atomic E-state index is 0.0188. The van der Waals surface area contributed by atoms with E-state index in [0.29, 0.717) is 45.3 Å². The Balaban J connectivity index is 0.812. The van der Waals surface area contributed by atoms with Gasteiger partial charge in [-0.25, -0.2) is 15.0 Å². The van der Waals surface area contributed by atoms with Crippen molar-refractivity contribution in [1.82, 2.24) is 42.4 Å². The van der Waals surface area contributed by atoms with Crippen LogP contribution in [0.4, 0.5) is 13.2 Å². The van der Waals surface area contributed by atoms with E-state index in [1.807, 2.05) is 108 Å². The molecule has 0 N–H and O–H groups in total. The first kappa shape index (κ1) is 63.2. The number of fused-ring (bicyclic) bond motifs is 18. The van der Waals surface area contributed by atoms with E-state index in [4.69, 9.17) is 15.0 Å². The lowest BCUT2D eigenvalue weighted by molar-refractivity contribution is -0.136. The average Bonchev–Trinajstić information content (AvgIpc) is 1.54. The van der Waals surface area contributed by atoms with Crippen LogP contribution >= 0.6 is 0 Å². The Morgan fingerprint density at radius 1 is 0.188 bits per heavy atom. The van der Waals surface area contributed by atoms with Gasteiger partial charge in [-0.3, -0.25) is 0 Å². The highest BCUT2D eigenvalue weighted by molar-refractivity contribution is 6.17. The Bertz CT molecular complexity index is 7270. The third-order valence-electron chi connectivity index (χ3n) is 22.9. The summed E-state index contributed by atoms with van der Waals surface area (Å²) in [6.45, 7) is 0. The molecule has 23 rings (SSSR count). The molecule has 9 nitrogen and oxygen atoms in total. The molecular formula is C100H60F3N9. The minimum atomic E-state index is -4.95. The van der Waals surface area contributed by atoms with E-state index < -0.39 is 11.7 Å². The SMILES string of the molecule is FC(F)(F)c1c(-c2ccc(-c3nc(-c4ccccc4)nc(-c4ccccc4)n3)cc2-n2c3ccc(-n4c5ccccc5c5ccccc54)cc3c3cc(-n4c5ccccc5c5ccccc54)ccc32)cccc1-n1c2ccc(-n3c4ccccc4c4ccccc43)cc2c2cc(-n3c4ccccc4c4ccccc43)ccc21. The summed E-state index contributed by atoms with van der Waals surface area (Å²) < 4.78 is 67.0. The fourth-order valence-electron chi connectivity index (χ4n) is 18.1. The van der Waals surface area contributed by atoms with E-state index in [1.54, 1.807) is 18.2 Å². The number of aromatic nitrogens is 9. The van der Waals surface area contributed by atoms with Crippen molar-refractivity contribution in [3.63, 3.8) is 0 Å². The average molecular weight is 1440 g/mol. The normalized spacial score (nSPS) is 12.2. The van der Waals surface area contributed by atoms with Crippen molar-refractivity contribution >= 4 is 131 Å². The smallest absolute Gasteiger partial charge is 0.309 e. The zero-order valence-corrected chi connectivity index (χ0v) is 59.8. The van der Waals surface area contributed by atoms with Gasteiger partial charge in [-0.15, -0.1) is 0 Å². The van der Waals surface area contributed by atoms with Crippen LogP contribution in [0.5, 0.6) is 0 Å². The van der Waals surface area contributed by atoms with Crippen LogP contribution in [0.2, 0.25) is 0 Å². The number of rotatable bonds is 10. The quantitative estimate of drug-likeness (QED) is 0.137. The van der Waals surface area contributed by atoms with Gasteiger partial charge in [0.05, 0.1) is 83.1 Å². The second kappa shape index (κ2) is 24.3. The molecule has 0 atom stereocenters. The highest BCUT2D eigenvalue weighted by atomic mass is 19.4. The summed E-state index contributed by atoms with van der Waals surface area (Å²) in [5.41, 5.74) is 16.7. The number of alkyl halides is 3. The maximum atomic E-state index is 18.0. The Kier molecular flexibility index (Phi) is 13.7. The monoisotopic (exact) mass is 1440 g/mol. The largest absolute Gasteiger partial charge is 0.419 e. The summed E-state index contributed by atoms with van der Waals surface area (Å²) in [6.07, 6.45) is -4.95. The molecule has 0 saturated carbocycles. The fourth-order valence-corrected chi connectivity index (χ4v) is 18.1. The number of halogens is 3. The third kappa shape index (κ3) is 9.48. The van der Waals surface area contributed by atoms with E-state index in [-0.39, 0.29) is 11.3 Å². The summed E-state index contributed by atoms with van der Waals surface area (Å²) in [7, 11) is 0. The number of nitrogens with zero attached hydrogens (tertiary/aromatic N) is 9. The van der Waals surface area contributed by atoms with E-state index in [1.165, 1.54) is 0 Å². The molecule has 0 radical (unpaired) electrons. The summed E-state index contributed by atoms with van der Waals surface area (Å²) in [5.74, 6) is 1.24. The van der Waals surface area contributed by atoms with E-state index in [2.05, 4.69) is 265 Å². The maximum absolute atomic E-state index is 18.0. The highest BCUT2D eigenvalue weighted by Crippen LogP contribution is 2.50. The Morgan fingerprint density at radius 2 is 0.455 bits per heavy atom. The molecule has 16 aromatic carbocycles. The second-order valence-corrected chi connectivity index (χ2v) is 28.9. The number of hydrogen-bond acceptors (Lipinski definition) is 3. The minimum Gasteiger partial charge on any atom is -0.309 e. The molecule has 0 aliphatic rings. The molecule has 7 heterocycles. The topological polar surface area (TPSA) is 68.2 Å². The molecule has 12 heteroatoms. The predicted molar refractivity (Wildman–Crippen MR) is 453 cm³/mol. The molecule has 0 amide bonds. The zero-order chi connectivity index (χ0) is 74.0. The first-order chi connectivity index (χ1) is 55.2. The summed E-state index contributed by atoms with van der Waals surface area (Å²) in [5, 5.41) is 12.2. The van der Waals surface area contributed by atoms with Crippen molar-refractivity contribution in [2.45, 2.75) is 6.18 Å². The van der Waals surface area contributed by atoms with Gasteiger partial charge in [0.15, 0.2) is 17.5 Å². The molecule has 0 fully saturated rings. The van der Waals surface area contributed by atoms with Crippen molar-refractivity contribution in [2.75, 3.05) is 0 Å². The molecule has 0 bridgehead atoms. The van der Waals surface area contributed by atoms with E-state index in [9.17, 15) is 0 Å². The van der Waals surface area contributed by atoms with Crippen LogP contribution in [-0.2, 0) is 6.18 Å². The molecular weight excluding hydrogens is 1380 g/mol. The van der Waals surface area contributed by atoms with Gasteiger partial charge in [-0.1, -0.05) is 231 Å². The number of hydrogen-bond donors (Lipinski definition) is 0. The zero-order valence-electron chi connectivity index (χ0n) is 59.8. The van der Waals surface area contributed by atoms with Gasteiger partial charge in [0.1, 0.15) is 0 Å². The van der Waals surface area contributed by atoms with Crippen LogP contribution in [-0.4, -0.2) is 42.4 Å². The van der Waals surface area contributed by atoms with Crippen molar-refractivity contribution in [1.29, 1.82) is 0 Å². The molecule has 0 spiro atoms. The first-order valence-corrected chi connectivity index (χ1v) is 37.6. The number of para-hydroxylation sites is 8. The van der Waals surface area contributed by atoms with Gasteiger partial charge < -0.3 is 27.4 Å².